The molecule has 6 nitrogen and oxygen atoms in total. The minimum atomic E-state index is -0.226. The van der Waals surface area contributed by atoms with E-state index in [4.69, 9.17) is 4.74 Å². The molecule has 0 fully saturated rings. The number of rotatable bonds is 6. The Kier molecular flexibility index (Phi) is 5.12. The number of aryl methyl sites for hydroxylation is 1. The van der Waals surface area contributed by atoms with Crippen LogP contribution >= 0.6 is 11.3 Å². The smallest absolute Gasteiger partial charge is 0.257 e. The van der Waals surface area contributed by atoms with Gasteiger partial charge in [-0.1, -0.05) is 23.5 Å². The molecule has 0 unspecified atom stereocenters. The highest BCUT2D eigenvalue weighted by Crippen LogP contribution is 2.18. The molecule has 0 saturated heterocycles. The van der Waals surface area contributed by atoms with Crippen LogP contribution in [-0.4, -0.2) is 27.7 Å². The molecule has 3 aromatic rings. The van der Waals surface area contributed by atoms with Crippen LogP contribution in [0.2, 0.25) is 0 Å². The summed E-state index contributed by atoms with van der Waals surface area (Å²) in [6, 6.07) is 11.2. The molecular weight excluding hydrogens is 324 g/mol. The zero-order chi connectivity index (χ0) is 16.8. The number of nitrogens with zero attached hydrogens (tertiary/aromatic N) is 3. The van der Waals surface area contributed by atoms with Gasteiger partial charge in [0.1, 0.15) is 10.8 Å². The third-order valence-electron chi connectivity index (χ3n) is 3.20. The van der Waals surface area contributed by atoms with Gasteiger partial charge < -0.3 is 4.74 Å². The number of ether oxygens (including phenoxy) is 1. The lowest BCUT2D eigenvalue weighted by atomic mass is 10.2. The molecule has 3 rings (SSSR count). The highest BCUT2D eigenvalue weighted by Gasteiger charge is 2.10. The predicted octanol–water partition coefficient (Wildman–Crippen LogP) is 3.12. The second-order valence-corrected chi connectivity index (χ2v) is 6.17. The van der Waals surface area contributed by atoms with Crippen LogP contribution in [0.5, 0.6) is 5.75 Å². The van der Waals surface area contributed by atoms with Crippen LogP contribution < -0.4 is 10.1 Å². The molecule has 0 radical (unpaired) electrons. The number of hydrogen-bond donors (Lipinski definition) is 1. The lowest BCUT2D eigenvalue weighted by Crippen LogP contribution is -2.11. The fourth-order valence-corrected chi connectivity index (χ4v) is 2.75. The zero-order valence-corrected chi connectivity index (χ0v) is 13.9. The van der Waals surface area contributed by atoms with Crippen molar-refractivity contribution in [2.45, 2.75) is 13.3 Å². The topological polar surface area (TPSA) is 77.0 Å². The van der Waals surface area contributed by atoms with Crippen molar-refractivity contribution >= 4 is 22.4 Å². The summed E-state index contributed by atoms with van der Waals surface area (Å²) in [5, 5.41) is 12.1. The number of carbonyl (C=O) groups excluding carboxylic acids is 1. The summed E-state index contributed by atoms with van der Waals surface area (Å²) in [4.78, 5) is 15.9. The number of amides is 1. The molecule has 24 heavy (non-hydrogen) atoms. The van der Waals surface area contributed by atoms with Gasteiger partial charge in [0.2, 0.25) is 5.13 Å². The van der Waals surface area contributed by atoms with Gasteiger partial charge in [0, 0.05) is 24.4 Å². The van der Waals surface area contributed by atoms with Crippen molar-refractivity contribution in [1.29, 1.82) is 0 Å². The lowest BCUT2D eigenvalue weighted by Gasteiger charge is -2.04. The van der Waals surface area contributed by atoms with E-state index >= 15 is 0 Å². The van der Waals surface area contributed by atoms with Gasteiger partial charge in [0.25, 0.3) is 5.91 Å². The van der Waals surface area contributed by atoms with E-state index in [2.05, 4.69) is 20.5 Å². The highest BCUT2D eigenvalue weighted by molar-refractivity contribution is 7.15. The Bertz CT molecular complexity index is 820. The quantitative estimate of drug-likeness (QED) is 0.746. The summed E-state index contributed by atoms with van der Waals surface area (Å²) < 4.78 is 5.70. The minimum absolute atomic E-state index is 0.226. The molecule has 1 amide bonds. The molecule has 0 atom stereocenters. The molecule has 0 aliphatic carbocycles. The van der Waals surface area contributed by atoms with Crippen LogP contribution in [0.3, 0.4) is 0 Å². The first-order valence-electron chi connectivity index (χ1n) is 7.44. The SMILES string of the molecule is Cc1cccc(OCCc2nnc(NC(=O)c3ccncc3)s2)c1. The normalized spacial score (nSPS) is 10.4. The number of pyridine rings is 1. The maximum atomic E-state index is 12.0. The number of aromatic nitrogens is 3. The van der Waals surface area contributed by atoms with Crippen molar-refractivity contribution in [3.63, 3.8) is 0 Å². The molecule has 0 spiro atoms. The summed E-state index contributed by atoms with van der Waals surface area (Å²) in [6.45, 7) is 2.53. The third-order valence-corrected chi connectivity index (χ3v) is 4.10. The number of nitrogens with one attached hydrogen (secondary N) is 1. The van der Waals surface area contributed by atoms with Gasteiger partial charge in [-0.15, -0.1) is 10.2 Å². The second kappa shape index (κ2) is 7.65. The summed E-state index contributed by atoms with van der Waals surface area (Å²) in [5.41, 5.74) is 1.69. The van der Waals surface area contributed by atoms with E-state index in [0.29, 0.717) is 23.7 Å². The standard InChI is InChI=1S/C17H16N4O2S/c1-12-3-2-4-14(11-12)23-10-7-15-20-21-17(24-15)19-16(22)13-5-8-18-9-6-13/h2-6,8-9,11H,7,10H2,1H3,(H,19,21,22). The molecule has 1 aromatic carbocycles. The molecule has 0 bridgehead atoms. The van der Waals surface area contributed by atoms with Crippen molar-refractivity contribution in [3.8, 4) is 5.75 Å². The Balaban J connectivity index is 1.51. The van der Waals surface area contributed by atoms with Crippen LogP contribution in [0, 0.1) is 6.92 Å². The van der Waals surface area contributed by atoms with E-state index in [1.54, 1.807) is 24.5 Å². The van der Waals surface area contributed by atoms with Gasteiger partial charge >= 0.3 is 0 Å². The van der Waals surface area contributed by atoms with E-state index in [9.17, 15) is 4.79 Å². The van der Waals surface area contributed by atoms with Crippen molar-refractivity contribution in [2.75, 3.05) is 11.9 Å². The third kappa shape index (κ3) is 4.36. The maximum absolute atomic E-state index is 12.0. The summed E-state index contributed by atoms with van der Waals surface area (Å²) in [5.74, 6) is 0.613. The van der Waals surface area contributed by atoms with Gasteiger partial charge in [-0.05, 0) is 36.8 Å². The number of carbonyl (C=O) groups is 1. The Labute approximate surface area is 143 Å². The van der Waals surface area contributed by atoms with E-state index in [1.807, 2.05) is 31.2 Å². The zero-order valence-electron chi connectivity index (χ0n) is 13.1. The molecule has 0 aliphatic heterocycles. The summed E-state index contributed by atoms with van der Waals surface area (Å²) in [6.07, 6.45) is 3.78. The first-order valence-corrected chi connectivity index (χ1v) is 8.25. The Morgan fingerprint density at radius 2 is 2.04 bits per heavy atom. The van der Waals surface area contributed by atoms with Crippen molar-refractivity contribution in [2.24, 2.45) is 0 Å². The monoisotopic (exact) mass is 340 g/mol. The Hall–Kier alpha value is -2.80. The molecule has 0 saturated carbocycles. The molecule has 7 heteroatoms. The molecule has 2 aromatic heterocycles. The Morgan fingerprint density at radius 3 is 2.83 bits per heavy atom. The van der Waals surface area contributed by atoms with Crippen LogP contribution in [-0.2, 0) is 6.42 Å². The van der Waals surface area contributed by atoms with Crippen molar-refractivity contribution in [3.05, 3.63) is 64.9 Å². The predicted molar refractivity (Wildman–Crippen MR) is 92.5 cm³/mol. The number of hydrogen-bond acceptors (Lipinski definition) is 6. The average Bonchev–Trinajstić information content (AvgIpc) is 3.03. The van der Waals surface area contributed by atoms with E-state index in [1.165, 1.54) is 11.3 Å². The van der Waals surface area contributed by atoms with Crippen LogP contribution in [0.15, 0.2) is 48.8 Å². The van der Waals surface area contributed by atoms with Crippen LogP contribution in [0.1, 0.15) is 20.9 Å². The number of anilines is 1. The molecule has 2 heterocycles. The molecular formula is C17H16N4O2S. The van der Waals surface area contributed by atoms with E-state index in [-0.39, 0.29) is 5.91 Å². The van der Waals surface area contributed by atoms with Gasteiger partial charge in [0.05, 0.1) is 6.61 Å². The Morgan fingerprint density at radius 1 is 1.21 bits per heavy atom. The first kappa shape index (κ1) is 16.1. The fraction of sp³-hybridized carbons (Fsp3) is 0.176. The van der Waals surface area contributed by atoms with Crippen molar-refractivity contribution in [1.82, 2.24) is 15.2 Å². The summed E-state index contributed by atoms with van der Waals surface area (Å²) >= 11 is 1.34. The molecule has 0 aliphatic rings. The first-order chi connectivity index (χ1) is 11.7. The van der Waals surface area contributed by atoms with Crippen LogP contribution in [0.25, 0.3) is 0 Å². The van der Waals surface area contributed by atoms with E-state index < -0.39 is 0 Å². The minimum Gasteiger partial charge on any atom is -0.493 e. The maximum Gasteiger partial charge on any atom is 0.257 e. The lowest BCUT2D eigenvalue weighted by molar-refractivity contribution is 0.102. The van der Waals surface area contributed by atoms with Crippen LogP contribution in [0.4, 0.5) is 5.13 Å². The second-order valence-electron chi connectivity index (χ2n) is 5.11. The largest absolute Gasteiger partial charge is 0.493 e. The van der Waals surface area contributed by atoms with E-state index in [0.717, 1.165) is 16.3 Å². The molecule has 1 N–H and O–H groups in total. The molecule has 122 valence electrons. The van der Waals surface area contributed by atoms with Crippen molar-refractivity contribution < 1.29 is 9.53 Å². The van der Waals surface area contributed by atoms with Gasteiger partial charge in [-0.25, -0.2) is 0 Å². The highest BCUT2D eigenvalue weighted by atomic mass is 32.1. The van der Waals surface area contributed by atoms with Gasteiger partial charge in [-0.3, -0.25) is 15.1 Å². The summed E-state index contributed by atoms with van der Waals surface area (Å²) in [7, 11) is 0. The fourth-order valence-electron chi connectivity index (χ4n) is 2.04. The number of benzene rings is 1. The van der Waals surface area contributed by atoms with Gasteiger partial charge in [-0.2, -0.15) is 0 Å². The van der Waals surface area contributed by atoms with Gasteiger partial charge in [0.15, 0.2) is 0 Å². The average molecular weight is 340 g/mol.